The Labute approximate surface area is 206 Å². The second-order valence-electron chi connectivity index (χ2n) is 10.0. The number of aliphatic hydroxyl groups is 1. The van der Waals surface area contributed by atoms with Gasteiger partial charge in [-0.1, -0.05) is 0 Å². The number of thiophene rings is 1. The van der Waals surface area contributed by atoms with Crippen LogP contribution in [0.2, 0.25) is 0 Å². The van der Waals surface area contributed by atoms with Gasteiger partial charge in [0.15, 0.2) is 0 Å². The zero-order valence-corrected chi connectivity index (χ0v) is 21.6. The summed E-state index contributed by atoms with van der Waals surface area (Å²) in [6.07, 6.45) is 0.132. The Kier molecular flexibility index (Phi) is 9.09. The minimum absolute atomic E-state index is 0.00203. The molecule has 1 aromatic carbocycles. The summed E-state index contributed by atoms with van der Waals surface area (Å²) in [5.74, 6) is 0.259. The van der Waals surface area contributed by atoms with Gasteiger partial charge < -0.3 is 19.5 Å². The Morgan fingerprint density at radius 2 is 1.97 bits per heavy atom. The molecule has 0 aliphatic carbocycles. The van der Waals surface area contributed by atoms with Crippen LogP contribution in [0.1, 0.15) is 51.1 Å². The van der Waals surface area contributed by atoms with E-state index in [1.54, 1.807) is 23.5 Å². The van der Waals surface area contributed by atoms with E-state index in [1.165, 1.54) is 17.0 Å². The van der Waals surface area contributed by atoms with Crippen molar-refractivity contribution in [1.82, 2.24) is 9.80 Å². The van der Waals surface area contributed by atoms with E-state index in [0.29, 0.717) is 25.4 Å². The number of halogens is 1. The van der Waals surface area contributed by atoms with Gasteiger partial charge in [0, 0.05) is 24.0 Å². The van der Waals surface area contributed by atoms with Gasteiger partial charge in [-0.25, -0.2) is 4.39 Å². The van der Waals surface area contributed by atoms with Gasteiger partial charge in [-0.05, 0) is 82.3 Å². The highest BCUT2D eigenvalue weighted by atomic mass is 32.1. The predicted octanol–water partition coefficient (Wildman–Crippen LogP) is 4.28. The Hall–Kier alpha value is -2.00. The molecule has 188 valence electrons. The van der Waals surface area contributed by atoms with Gasteiger partial charge in [-0.15, -0.1) is 11.3 Å². The maximum atomic E-state index is 13.5. The van der Waals surface area contributed by atoms with Crippen LogP contribution in [0.25, 0.3) is 0 Å². The van der Waals surface area contributed by atoms with Crippen LogP contribution in [0, 0.1) is 5.82 Å². The predicted molar refractivity (Wildman–Crippen MR) is 133 cm³/mol. The standard InChI is InChI=1S/C26H37FN2O4S/c1-18(2)28(14-20(30)16-33-26(3,4)5)15-25(31)29-12-10-24-22(11-13-34-24)23(29)17-32-21-8-6-19(27)7-9-21/h6-9,11,13,18,20,23,30H,10,12,14-17H2,1-5H3/t20-,23-/m1/s1. The smallest absolute Gasteiger partial charge is 0.237 e. The molecule has 2 aromatic rings. The first-order chi connectivity index (χ1) is 16.0. The van der Waals surface area contributed by atoms with Crippen LogP contribution in [0.4, 0.5) is 4.39 Å². The molecule has 6 nitrogen and oxygen atoms in total. The number of ether oxygens (including phenoxy) is 2. The highest BCUT2D eigenvalue weighted by Gasteiger charge is 2.33. The highest BCUT2D eigenvalue weighted by Crippen LogP contribution is 2.34. The molecular weight excluding hydrogens is 455 g/mol. The number of benzene rings is 1. The van der Waals surface area contributed by atoms with E-state index in [0.717, 1.165) is 12.0 Å². The lowest BCUT2D eigenvalue weighted by Crippen LogP contribution is -2.49. The van der Waals surface area contributed by atoms with Crippen molar-refractivity contribution in [3.8, 4) is 5.75 Å². The van der Waals surface area contributed by atoms with Crippen LogP contribution >= 0.6 is 11.3 Å². The maximum Gasteiger partial charge on any atom is 0.237 e. The van der Waals surface area contributed by atoms with E-state index in [-0.39, 0.29) is 42.6 Å². The normalized spacial score (nSPS) is 17.2. The molecule has 8 heteroatoms. The van der Waals surface area contributed by atoms with Crippen LogP contribution in [-0.4, -0.2) is 71.4 Å². The summed E-state index contributed by atoms with van der Waals surface area (Å²) in [5.41, 5.74) is 0.782. The first-order valence-corrected chi connectivity index (χ1v) is 12.7. The summed E-state index contributed by atoms with van der Waals surface area (Å²) in [6, 6.07) is 7.86. The van der Waals surface area contributed by atoms with E-state index >= 15 is 0 Å². The van der Waals surface area contributed by atoms with Gasteiger partial charge in [0.25, 0.3) is 0 Å². The van der Waals surface area contributed by atoms with Crippen LogP contribution < -0.4 is 4.74 Å². The van der Waals surface area contributed by atoms with Gasteiger partial charge in [0.1, 0.15) is 18.2 Å². The summed E-state index contributed by atoms with van der Waals surface area (Å²) in [5, 5.41) is 12.6. The number of carbonyl (C=O) groups is 1. The Morgan fingerprint density at radius 1 is 1.26 bits per heavy atom. The van der Waals surface area contributed by atoms with Gasteiger partial charge in [-0.3, -0.25) is 9.69 Å². The molecule has 1 aliphatic rings. The third-order valence-electron chi connectivity index (χ3n) is 5.86. The number of amides is 1. The summed E-state index contributed by atoms with van der Waals surface area (Å²) >= 11 is 1.70. The first-order valence-electron chi connectivity index (χ1n) is 11.8. The maximum absolute atomic E-state index is 13.5. The molecule has 1 aliphatic heterocycles. The van der Waals surface area contributed by atoms with Crippen LogP contribution in [0.3, 0.4) is 0 Å². The molecule has 1 N–H and O–H groups in total. The minimum Gasteiger partial charge on any atom is -0.491 e. The number of carbonyl (C=O) groups excluding carboxylic acids is 1. The summed E-state index contributed by atoms with van der Waals surface area (Å²) in [7, 11) is 0. The lowest BCUT2D eigenvalue weighted by molar-refractivity contribution is -0.137. The van der Waals surface area contributed by atoms with Crippen molar-refractivity contribution in [2.75, 3.05) is 32.8 Å². The van der Waals surface area contributed by atoms with Crippen molar-refractivity contribution in [2.24, 2.45) is 0 Å². The Balaban J connectivity index is 1.68. The largest absolute Gasteiger partial charge is 0.491 e. The van der Waals surface area contributed by atoms with E-state index in [9.17, 15) is 14.3 Å². The third-order valence-corrected chi connectivity index (χ3v) is 6.86. The molecule has 2 heterocycles. The zero-order valence-electron chi connectivity index (χ0n) is 20.8. The average Bonchev–Trinajstić information content (AvgIpc) is 3.25. The fourth-order valence-electron chi connectivity index (χ4n) is 3.97. The lowest BCUT2D eigenvalue weighted by Gasteiger charge is -2.38. The lowest BCUT2D eigenvalue weighted by atomic mass is 10.00. The van der Waals surface area contributed by atoms with E-state index in [4.69, 9.17) is 9.47 Å². The topological polar surface area (TPSA) is 62.2 Å². The average molecular weight is 493 g/mol. The second-order valence-corrected chi connectivity index (χ2v) is 11.0. The molecule has 3 rings (SSSR count). The van der Waals surface area contributed by atoms with Gasteiger partial charge in [0.2, 0.25) is 5.91 Å². The molecular formula is C26H37FN2O4S. The van der Waals surface area contributed by atoms with Crippen LogP contribution in [0.5, 0.6) is 5.75 Å². The number of rotatable bonds is 10. The molecule has 0 bridgehead atoms. The number of aliphatic hydroxyl groups excluding tert-OH is 1. The molecule has 1 amide bonds. The molecule has 0 radical (unpaired) electrons. The monoisotopic (exact) mass is 492 g/mol. The molecule has 0 saturated carbocycles. The van der Waals surface area contributed by atoms with Crippen LogP contribution in [-0.2, 0) is 16.0 Å². The van der Waals surface area contributed by atoms with Crippen molar-refractivity contribution in [3.63, 3.8) is 0 Å². The van der Waals surface area contributed by atoms with Crippen molar-refractivity contribution in [3.05, 3.63) is 52.0 Å². The molecule has 0 spiro atoms. The fraction of sp³-hybridized carbons (Fsp3) is 0.577. The number of nitrogens with zero attached hydrogens (tertiary/aromatic N) is 2. The SMILES string of the molecule is CC(C)N(CC(=O)N1CCc2sccc2[C@H]1COc1ccc(F)cc1)C[C@@H](O)COC(C)(C)C. The van der Waals surface area contributed by atoms with E-state index < -0.39 is 6.10 Å². The number of fused-ring (bicyclic) bond motifs is 1. The fourth-order valence-corrected chi connectivity index (χ4v) is 4.90. The number of hydrogen-bond donors (Lipinski definition) is 1. The third kappa shape index (κ3) is 7.50. The molecule has 34 heavy (non-hydrogen) atoms. The second kappa shape index (κ2) is 11.6. The quantitative estimate of drug-likeness (QED) is 0.537. The molecule has 1 aromatic heterocycles. The molecule has 0 saturated heterocycles. The van der Waals surface area contributed by atoms with Crippen LogP contribution in [0.15, 0.2) is 35.7 Å². The van der Waals surface area contributed by atoms with Crippen molar-refractivity contribution in [1.29, 1.82) is 0 Å². The summed E-state index contributed by atoms with van der Waals surface area (Å²) in [4.78, 5) is 18.6. The zero-order chi connectivity index (χ0) is 24.9. The van der Waals surface area contributed by atoms with Gasteiger partial charge in [-0.2, -0.15) is 0 Å². The van der Waals surface area contributed by atoms with Crippen molar-refractivity contribution >= 4 is 17.2 Å². The summed E-state index contributed by atoms with van der Waals surface area (Å²) < 4.78 is 24.9. The Bertz CT molecular complexity index is 926. The van der Waals surface area contributed by atoms with Crippen molar-refractivity contribution < 1.29 is 23.8 Å². The summed E-state index contributed by atoms with van der Waals surface area (Å²) in [6.45, 7) is 11.6. The first kappa shape index (κ1) is 26.6. The Morgan fingerprint density at radius 3 is 2.62 bits per heavy atom. The van der Waals surface area contributed by atoms with Gasteiger partial charge in [0.05, 0.1) is 30.9 Å². The molecule has 0 fully saturated rings. The van der Waals surface area contributed by atoms with E-state index in [1.807, 2.05) is 44.4 Å². The molecule has 0 unspecified atom stereocenters. The molecule has 2 atom stereocenters. The van der Waals surface area contributed by atoms with E-state index in [2.05, 4.69) is 11.4 Å². The van der Waals surface area contributed by atoms with Crippen molar-refractivity contribution in [2.45, 2.75) is 64.8 Å². The highest BCUT2D eigenvalue weighted by molar-refractivity contribution is 7.10. The van der Waals surface area contributed by atoms with Gasteiger partial charge >= 0.3 is 0 Å². The minimum atomic E-state index is -0.683. The number of hydrogen-bond acceptors (Lipinski definition) is 6.